The summed E-state index contributed by atoms with van der Waals surface area (Å²) in [6, 6.07) is 4.10. The molecule has 3 rings (SSSR count). The second-order valence-electron chi connectivity index (χ2n) is 7.60. The molecule has 0 aliphatic heterocycles. The Morgan fingerprint density at radius 2 is 1.91 bits per heavy atom. The molecule has 33 heavy (non-hydrogen) atoms. The summed E-state index contributed by atoms with van der Waals surface area (Å²) < 4.78 is 1.98. The van der Waals surface area contributed by atoms with Crippen molar-refractivity contribution in [2.45, 2.75) is 51.1 Å². The van der Waals surface area contributed by atoms with Crippen LogP contribution in [0.5, 0.6) is 0 Å². The number of carbonyl (C=O) groups is 3. The average molecular weight is 475 g/mol. The first kappa shape index (κ1) is 24.0. The van der Waals surface area contributed by atoms with Gasteiger partial charge in [-0.3, -0.25) is 9.59 Å². The number of anilines is 2. The highest BCUT2D eigenvalue weighted by Crippen LogP contribution is 2.31. The summed E-state index contributed by atoms with van der Waals surface area (Å²) in [4.78, 5) is 44.2. The van der Waals surface area contributed by atoms with Crippen molar-refractivity contribution in [3.63, 3.8) is 0 Å². The van der Waals surface area contributed by atoms with Gasteiger partial charge in [0, 0.05) is 24.0 Å². The van der Waals surface area contributed by atoms with Gasteiger partial charge < -0.3 is 31.6 Å². The highest BCUT2D eigenvalue weighted by Gasteiger charge is 2.23. The van der Waals surface area contributed by atoms with Gasteiger partial charge in [-0.1, -0.05) is 6.92 Å². The van der Waals surface area contributed by atoms with E-state index in [1.807, 2.05) is 22.9 Å². The third-order valence-electron chi connectivity index (χ3n) is 5.37. The van der Waals surface area contributed by atoms with Crippen LogP contribution in [0.3, 0.4) is 0 Å². The van der Waals surface area contributed by atoms with Crippen molar-refractivity contribution in [3.8, 4) is 0 Å². The Morgan fingerprint density at radius 1 is 1.15 bits per heavy atom. The van der Waals surface area contributed by atoms with Gasteiger partial charge in [-0.15, -0.1) is 11.3 Å². The number of aryl methyl sites for hydroxylation is 1. The first-order chi connectivity index (χ1) is 15.7. The molecule has 1 unspecified atom stereocenters. The summed E-state index contributed by atoms with van der Waals surface area (Å²) in [5.74, 6) is -2.29. The lowest BCUT2D eigenvalue weighted by Gasteiger charge is -2.15. The van der Waals surface area contributed by atoms with Gasteiger partial charge in [0.1, 0.15) is 11.6 Å². The minimum absolute atomic E-state index is 0.127. The molecule has 7 N–H and O–H groups in total. The van der Waals surface area contributed by atoms with Crippen LogP contribution in [0.4, 0.5) is 11.8 Å². The zero-order valence-corrected chi connectivity index (χ0v) is 18.8. The number of aromatic nitrogens is 3. The van der Waals surface area contributed by atoms with Crippen LogP contribution < -0.4 is 16.8 Å². The van der Waals surface area contributed by atoms with Crippen LogP contribution in [0.15, 0.2) is 24.4 Å². The Bertz CT molecular complexity index is 1170. The van der Waals surface area contributed by atoms with E-state index in [-0.39, 0.29) is 24.7 Å². The van der Waals surface area contributed by atoms with Crippen molar-refractivity contribution >= 4 is 52.0 Å². The van der Waals surface area contributed by atoms with Crippen molar-refractivity contribution in [1.29, 1.82) is 0 Å². The van der Waals surface area contributed by atoms with E-state index in [1.165, 1.54) is 11.3 Å². The van der Waals surface area contributed by atoms with Gasteiger partial charge in [0.15, 0.2) is 5.82 Å². The Labute approximate surface area is 193 Å². The first-order valence-corrected chi connectivity index (χ1v) is 11.2. The van der Waals surface area contributed by atoms with Gasteiger partial charge in [0.05, 0.1) is 10.4 Å². The molecule has 176 valence electrons. The van der Waals surface area contributed by atoms with Crippen LogP contribution >= 0.6 is 11.3 Å². The van der Waals surface area contributed by atoms with Gasteiger partial charge in [-0.05, 0) is 43.4 Å². The number of nitrogens with zero attached hydrogens (tertiary/aromatic N) is 3. The van der Waals surface area contributed by atoms with E-state index in [1.54, 1.807) is 6.07 Å². The van der Waals surface area contributed by atoms with Crippen LogP contribution in [0.2, 0.25) is 0 Å². The minimum atomic E-state index is -1.27. The van der Waals surface area contributed by atoms with Crippen LogP contribution in [0.1, 0.15) is 53.1 Å². The second kappa shape index (κ2) is 10.3. The maximum Gasteiger partial charge on any atom is 0.326 e. The number of rotatable bonds is 11. The predicted molar refractivity (Wildman–Crippen MR) is 124 cm³/mol. The normalized spacial score (nSPS) is 13.0. The fraction of sp³-hybridized carbons (Fsp3) is 0.381. The average Bonchev–Trinajstić information content (AvgIpc) is 3.39. The predicted octanol–water partition coefficient (Wildman–Crippen LogP) is 2.29. The molecular formula is C21H26N6O5S. The van der Waals surface area contributed by atoms with Crippen molar-refractivity contribution < 1.29 is 24.6 Å². The van der Waals surface area contributed by atoms with Crippen LogP contribution in [-0.4, -0.2) is 48.6 Å². The SMILES string of the molecule is CCC(CCn1ccc2nc(N)nc(N)c21)c1ccc(C(=O)N[C@H](CCC(=O)O)C(=O)O)s1. The summed E-state index contributed by atoms with van der Waals surface area (Å²) in [7, 11) is 0. The number of nitrogens with one attached hydrogen (secondary N) is 1. The molecule has 0 radical (unpaired) electrons. The molecule has 0 saturated carbocycles. The maximum atomic E-state index is 12.5. The Morgan fingerprint density at radius 3 is 2.58 bits per heavy atom. The number of carboxylic acid groups (broad SMARTS) is 2. The van der Waals surface area contributed by atoms with Crippen molar-refractivity contribution in [2.24, 2.45) is 0 Å². The number of amides is 1. The quantitative estimate of drug-likeness (QED) is 0.278. The largest absolute Gasteiger partial charge is 0.481 e. The van der Waals surface area contributed by atoms with E-state index in [4.69, 9.17) is 16.6 Å². The van der Waals surface area contributed by atoms with Gasteiger partial charge in [-0.25, -0.2) is 9.78 Å². The third kappa shape index (κ3) is 5.77. The highest BCUT2D eigenvalue weighted by molar-refractivity contribution is 7.14. The molecule has 0 fully saturated rings. The second-order valence-corrected chi connectivity index (χ2v) is 8.72. The van der Waals surface area contributed by atoms with Gasteiger partial charge >= 0.3 is 11.9 Å². The number of nitrogen functional groups attached to an aromatic ring is 2. The van der Waals surface area contributed by atoms with E-state index >= 15 is 0 Å². The molecule has 3 heterocycles. The van der Waals surface area contributed by atoms with Crippen molar-refractivity contribution in [1.82, 2.24) is 19.9 Å². The fourth-order valence-corrected chi connectivity index (χ4v) is 4.76. The molecule has 0 saturated heterocycles. The lowest BCUT2D eigenvalue weighted by molar-refractivity contribution is -0.140. The van der Waals surface area contributed by atoms with Gasteiger partial charge in [0.2, 0.25) is 5.95 Å². The lowest BCUT2D eigenvalue weighted by Crippen LogP contribution is -2.40. The number of carbonyl (C=O) groups excluding carboxylic acids is 1. The molecule has 0 aromatic carbocycles. The summed E-state index contributed by atoms with van der Waals surface area (Å²) in [5.41, 5.74) is 13.1. The summed E-state index contributed by atoms with van der Waals surface area (Å²) in [5, 5.41) is 20.4. The Hall–Kier alpha value is -3.67. The number of thiophene rings is 1. The van der Waals surface area contributed by atoms with Crippen molar-refractivity contribution in [2.75, 3.05) is 11.5 Å². The van der Waals surface area contributed by atoms with E-state index in [0.29, 0.717) is 22.8 Å². The number of nitrogens with two attached hydrogens (primary N) is 2. The maximum absolute atomic E-state index is 12.5. The molecular weight excluding hydrogens is 448 g/mol. The zero-order valence-electron chi connectivity index (χ0n) is 18.0. The fourth-order valence-electron chi connectivity index (χ4n) is 3.63. The van der Waals surface area contributed by atoms with E-state index in [0.717, 1.165) is 23.2 Å². The van der Waals surface area contributed by atoms with Gasteiger partial charge in [0.25, 0.3) is 5.91 Å². The summed E-state index contributed by atoms with van der Waals surface area (Å²) >= 11 is 1.30. The number of hydrogen-bond acceptors (Lipinski definition) is 8. The molecule has 3 aromatic rings. The Kier molecular flexibility index (Phi) is 7.48. The zero-order chi connectivity index (χ0) is 24.1. The molecule has 0 bridgehead atoms. The molecule has 0 aliphatic carbocycles. The van der Waals surface area contributed by atoms with Gasteiger partial charge in [-0.2, -0.15) is 4.98 Å². The van der Waals surface area contributed by atoms with Crippen LogP contribution in [0.25, 0.3) is 11.0 Å². The molecule has 12 heteroatoms. The smallest absolute Gasteiger partial charge is 0.326 e. The summed E-state index contributed by atoms with van der Waals surface area (Å²) in [6.07, 6.45) is 2.98. The number of aliphatic carboxylic acids is 2. The Balaban J connectivity index is 1.67. The summed E-state index contributed by atoms with van der Waals surface area (Å²) in [6.45, 7) is 2.72. The molecule has 1 amide bonds. The van der Waals surface area contributed by atoms with E-state index in [2.05, 4.69) is 22.2 Å². The highest BCUT2D eigenvalue weighted by atomic mass is 32.1. The monoisotopic (exact) mass is 474 g/mol. The van der Waals surface area contributed by atoms with E-state index < -0.39 is 23.9 Å². The molecule has 11 nitrogen and oxygen atoms in total. The number of hydrogen-bond donors (Lipinski definition) is 5. The molecule has 0 aliphatic rings. The van der Waals surface area contributed by atoms with E-state index in [9.17, 15) is 19.5 Å². The lowest BCUT2D eigenvalue weighted by atomic mass is 10.0. The first-order valence-electron chi connectivity index (χ1n) is 10.4. The third-order valence-corrected chi connectivity index (χ3v) is 6.62. The molecule has 0 spiro atoms. The standard InChI is InChI=1S/C21H26N6O5S/c1-2-11(7-9-27-10-8-12-17(27)18(22)26-21(23)25-12)14-4-5-15(33-14)19(30)24-13(20(31)32)3-6-16(28)29/h4-5,8,10-11,13H,2-3,6-7,9H2,1H3,(H,24,30)(H,28,29)(H,31,32)(H4,22,23,25,26)/t11?,13-/m1/s1. The van der Waals surface area contributed by atoms with Crippen LogP contribution in [-0.2, 0) is 16.1 Å². The number of fused-ring (bicyclic) bond motifs is 1. The molecule has 3 aromatic heterocycles. The minimum Gasteiger partial charge on any atom is -0.481 e. The topological polar surface area (TPSA) is 186 Å². The molecule has 2 atom stereocenters. The number of carboxylic acids is 2. The van der Waals surface area contributed by atoms with Crippen LogP contribution in [0, 0.1) is 0 Å². The van der Waals surface area contributed by atoms with Crippen molar-refractivity contribution in [3.05, 3.63) is 34.2 Å².